The largest absolute Gasteiger partial charge is 0.393 e. The van der Waals surface area contributed by atoms with Crippen molar-refractivity contribution >= 4 is 5.91 Å². The van der Waals surface area contributed by atoms with E-state index in [2.05, 4.69) is 20.4 Å². The van der Waals surface area contributed by atoms with Gasteiger partial charge in [-0.1, -0.05) is 0 Å². The molecule has 0 aliphatic heterocycles. The quantitative estimate of drug-likeness (QED) is 0.851. The van der Waals surface area contributed by atoms with Crippen LogP contribution in [0.2, 0.25) is 0 Å². The van der Waals surface area contributed by atoms with E-state index in [0.717, 1.165) is 5.56 Å². The lowest BCUT2D eigenvalue weighted by Crippen LogP contribution is -2.41. The third kappa shape index (κ3) is 2.92. The van der Waals surface area contributed by atoms with E-state index >= 15 is 0 Å². The summed E-state index contributed by atoms with van der Waals surface area (Å²) in [6, 6.07) is -0.170. The predicted octanol–water partition coefficient (Wildman–Crippen LogP) is 0.452. The standard InChI is InChI=1S/C14H17N5O2/c1-19-8-10(6-17-19)13(9-4-11(20)5-9)18-14(21)12-7-15-2-3-16-12/h2-3,6-9,11,13,20H,4-5H2,1H3,(H,18,21). The van der Waals surface area contributed by atoms with E-state index in [1.54, 1.807) is 10.9 Å². The van der Waals surface area contributed by atoms with Crippen molar-refractivity contribution in [3.8, 4) is 0 Å². The van der Waals surface area contributed by atoms with Crippen LogP contribution in [0, 0.1) is 5.92 Å². The second kappa shape index (κ2) is 5.61. The van der Waals surface area contributed by atoms with Crippen molar-refractivity contribution in [2.24, 2.45) is 13.0 Å². The Bertz CT molecular complexity index is 621. The first-order valence-electron chi connectivity index (χ1n) is 6.87. The van der Waals surface area contributed by atoms with E-state index in [9.17, 15) is 9.90 Å². The molecule has 0 spiro atoms. The van der Waals surface area contributed by atoms with Gasteiger partial charge >= 0.3 is 0 Å². The molecule has 2 N–H and O–H groups in total. The SMILES string of the molecule is Cn1cc(C(NC(=O)c2cnccn2)C2CC(O)C2)cn1. The second-order valence-electron chi connectivity index (χ2n) is 5.37. The molecule has 2 aromatic rings. The highest BCUT2D eigenvalue weighted by molar-refractivity contribution is 5.92. The van der Waals surface area contributed by atoms with Gasteiger partial charge in [0.2, 0.25) is 0 Å². The summed E-state index contributed by atoms with van der Waals surface area (Å²) in [5, 5.41) is 16.6. The predicted molar refractivity (Wildman–Crippen MR) is 74.2 cm³/mol. The van der Waals surface area contributed by atoms with Crippen molar-refractivity contribution in [2.45, 2.75) is 25.0 Å². The third-order valence-electron chi connectivity index (χ3n) is 3.79. The van der Waals surface area contributed by atoms with Crippen LogP contribution in [0.15, 0.2) is 31.0 Å². The smallest absolute Gasteiger partial charge is 0.271 e. The Morgan fingerprint density at radius 3 is 2.81 bits per heavy atom. The first-order chi connectivity index (χ1) is 10.1. The maximum absolute atomic E-state index is 12.3. The number of aliphatic hydroxyl groups excluding tert-OH is 1. The number of carbonyl (C=O) groups excluding carboxylic acids is 1. The molecule has 110 valence electrons. The van der Waals surface area contributed by atoms with Gasteiger partial charge in [0, 0.05) is 31.2 Å². The van der Waals surface area contributed by atoms with Crippen LogP contribution in [-0.2, 0) is 7.05 Å². The maximum Gasteiger partial charge on any atom is 0.271 e. The molecule has 1 saturated carbocycles. The molecule has 1 atom stereocenters. The van der Waals surface area contributed by atoms with Crippen LogP contribution < -0.4 is 5.32 Å². The zero-order valence-electron chi connectivity index (χ0n) is 11.7. The molecule has 1 amide bonds. The molecule has 7 heteroatoms. The highest BCUT2D eigenvalue weighted by atomic mass is 16.3. The van der Waals surface area contributed by atoms with Gasteiger partial charge < -0.3 is 10.4 Å². The van der Waals surface area contributed by atoms with Crippen LogP contribution >= 0.6 is 0 Å². The summed E-state index contributed by atoms with van der Waals surface area (Å²) in [5.74, 6) is -0.0526. The molecule has 0 radical (unpaired) electrons. The molecule has 0 aromatic carbocycles. The van der Waals surface area contributed by atoms with Crippen molar-refractivity contribution in [1.82, 2.24) is 25.1 Å². The molecular weight excluding hydrogens is 270 g/mol. The molecular formula is C14H17N5O2. The minimum absolute atomic E-state index is 0.170. The highest BCUT2D eigenvalue weighted by Gasteiger charge is 2.36. The number of nitrogens with one attached hydrogen (secondary N) is 1. The summed E-state index contributed by atoms with van der Waals surface area (Å²) in [4.78, 5) is 20.2. The zero-order valence-corrected chi connectivity index (χ0v) is 11.7. The number of aryl methyl sites for hydroxylation is 1. The fraction of sp³-hybridized carbons (Fsp3) is 0.429. The van der Waals surface area contributed by atoms with Crippen molar-refractivity contribution in [3.63, 3.8) is 0 Å². The Morgan fingerprint density at radius 2 is 2.24 bits per heavy atom. The van der Waals surface area contributed by atoms with Crippen molar-refractivity contribution in [3.05, 3.63) is 42.2 Å². The van der Waals surface area contributed by atoms with Crippen LogP contribution in [0.3, 0.4) is 0 Å². The average molecular weight is 287 g/mol. The topological polar surface area (TPSA) is 92.9 Å². The van der Waals surface area contributed by atoms with Crippen LogP contribution in [0.5, 0.6) is 0 Å². The van der Waals surface area contributed by atoms with E-state index in [0.29, 0.717) is 12.8 Å². The molecule has 0 bridgehead atoms. The van der Waals surface area contributed by atoms with Crippen LogP contribution in [-0.4, -0.2) is 36.9 Å². The van der Waals surface area contributed by atoms with Gasteiger partial charge in [-0.15, -0.1) is 0 Å². The number of hydrogen-bond acceptors (Lipinski definition) is 5. The van der Waals surface area contributed by atoms with Crippen LogP contribution in [0.25, 0.3) is 0 Å². The van der Waals surface area contributed by atoms with Gasteiger partial charge in [0.15, 0.2) is 0 Å². The van der Waals surface area contributed by atoms with Crippen molar-refractivity contribution < 1.29 is 9.90 Å². The Hall–Kier alpha value is -2.28. The Balaban J connectivity index is 1.78. The number of hydrogen-bond donors (Lipinski definition) is 2. The lowest BCUT2D eigenvalue weighted by Gasteiger charge is -2.37. The number of rotatable bonds is 4. The number of aliphatic hydroxyl groups is 1. The minimum Gasteiger partial charge on any atom is -0.393 e. The van der Waals surface area contributed by atoms with Crippen LogP contribution in [0.4, 0.5) is 0 Å². The van der Waals surface area contributed by atoms with Gasteiger partial charge in [0.1, 0.15) is 5.69 Å². The molecule has 1 unspecified atom stereocenters. The van der Waals surface area contributed by atoms with Gasteiger partial charge in [0.25, 0.3) is 5.91 Å². The Labute approximate surface area is 122 Å². The van der Waals surface area contributed by atoms with E-state index < -0.39 is 0 Å². The lowest BCUT2D eigenvalue weighted by molar-refractivity contribution is 0.0234. The summed E-state index contributed by atoms with van der Waals surface area (Å²) >= 11 is 0. The average Bonchev–Trinajstić information content (AvgIpc) is 2.89. The number of amides is 1. The normalized spacial score (nSPS) is 22.4. The van der Waals surface area contributed by atoms with Gasteiger partial charge in [-0.3, -0.25) is 14.5 Å². The van der Waals surface area contributed by atoms with E-state index in [1.165, 1.54) is 18.6 Å². The van der Waals surface area contributed by atoms with Crippen LogP contribution in [0.1, 0.15) is 34.9 Å². The monoisotopic (exact) mass is 287 g/mol. The maximum atomic E-state index is 12.3. The van der Waals surface area contributed by atoms with E-state index in [-0.39, 0.29) is 29.7 Å². The van der Waals surface area contributed by atoms with E-state index in [1.807, 2.05) is 13.2 Å². The second-order valence-corrected chi connectivity index (χ2v) is 5.37. The molecule has 3 rings (SSSR count). The van der Waals surface area contributed by atoms with Crippen molar-refractivity contribution in [1.29, 1.82) is 0 Å². The fourth-order valence-electron chi connectivity index (χ4n) is 2.61. The Morgan fingerprint density at radius 1 is 1.43 bits per heavy atom. The van der Waals surface area contributed by atoms with Gasteiger partial charge in [-0.2, -0.15) is 5.10 Å². The third-order valence-corrected chi connectivity index (χ3v) is 3.79. The molecule has 1 aliphatic rings. The number of nitrogens with zero attached hydrogens (tertiary/aromatic N) is 4. The Kier molecular flexibility index (Phi) is 3.66. The minimum atomic E-state index is -0.275. The highest BCUT2D eigenvalue weighted by Crippen LogP contribution is 2.38. The molecule has 7 nitrogen and oxygen atoms in total. The summed E-state index contributed by atoms with van der Waals surface area (Å²) < 4.78 is 1.70. The summed E-state index contributed by atoms with van der Waals surface area (Å²) in [7, 11) is 1.83. The fourth-order valence-corrected chi connectivity index (χ4v) is 2.61. The summed E-state index contributed by atoms with van der Waals surface area (Å²) in [5.41, 5.74) is 1.22. The van der Waals surface area contributed by atoms with Gasteiger partial charge in [0.05, 0.1) is 24.5 Å². The van der Waals surface area contributed by atoms with Crippen molar-refractivity contribution in [2.75, 3.05) is 0 Å². The van der Waals surface area contributed by atoms with E-state index in [4.69, 9.17) is 0 Å². The zero-order chi connectivity index (χ0) is 14.8. The van der Waals surface area contributed by atoms with Gasteiger partial charge in [-0.05, 0) is 18.8 Å². The molecule has 2 heterocycles. The first-order valence-corrected chi connectivity index (χ1v) is 6.87. The molecule has 2 aromatic heterocycles. The molecule has 1 fully saturated rings. The van der Waals surface area contributed by atoms with Gasteiger partial charge in [-0.25, -0.2) is 4.98 Å². The molecule has 0 saturated heterocycles. The molecule has 1 aliphatic carbocycles. The number of carbonyl (C=O) groups is 1. The molecule has 21 heavy (non-hydrogen) atoms. The summed E-state index contributed by atoms with van der Waals surface area (Å²) in [6.45, 7) is 0. The summed E-state index contributed by atoms with van der Waals surface area (Å²) in [6.07, 6.45) is 9.16. The first kappa shape index (κ1) is 13.7. The lowest BCUT2D eigenvalue weighted by atomic mass is 9.75. The number of aromatic nitrogens is 4.